The Balaban J connectivity index is 1.72. The molecular weight excluding hydrogens is 248 g/mol. The van der Waals surface area contributed by atoms with Crippen LogP contribution in [-0.2, 0) is 0 Å². The lowest BCUT2D eigenvalue weighted by Gasteiger charge is -2.35. The van der Waals surface area contributed by atoms with E-state index in [2.05, 4.69) is 30.5 Å². The van der Waals surface area contributed by atoms with Crippen LogP contribution >= 0.6 is 0 Å². The molecule has 2 atom stereocenters. The maximum absolute atomic E-state index is 5.90. The van der Waals surface area contributed by atoms with E-state index in [4.69, 9.17) is 10.6 Å². The predicted molar refractivity (Wildman–Crippen MR) is 81.5 cm³/mol. The maximum atomic E-state index is 5.90. The van der Waals surface area contributed by atoms with E-state index in [1.165, 1.54) is 37.7 Å². The standard InChI is InChI=1S/C17H26N2O/c1-2-12-7-9-13(10-8-12)17(19-18)15-11-20-16-6-4-3-5-14(15)16/h3-6,12-13,15,17,19H,2,7-11,18H2,1H3. The molecule has 20 heavy (non-hydrogen) atoms. The molecule has 0 aromatic heterocycles. The smallest absolute Gasteiger partial charge is 0.122 e. The predicted octanol–water partition coefficient (Wildman–Crippen LogP) is 3.21. The molecule has 3 N–H and O–H groups in total. The monoisotopic (exact) mass is 274 g/mol. The molecule has 0 bridgehead atoms. The van der Waals surface area contributed by atoms with Gasteiger partial charge in [-0.1, -0.05) is 44.4 Å². The van der Waals surface area contributed by atoms with Crippen LogP contribution in [0.4, 0.5) is 0 Å². The summed E-state index contributed by atoms with van der Waals surface area (Å²) in [6.45, 7) is 3.08. The van der Waals surface area contributed by atoms with Gasteiger partial charge in [0.1, 0.15) is 5.75 Å². The van der Waals surface area contributed by atoms with Gasteiger partial charge >= 0.3 is 0 Å². The van der Waals surface area contributed by atoms with Gasteiger partial charge in [0.05, 0.1) is 6.61 Å². The van der Waals surface area contributed by atoms with Crippen LogP contribution in [0.15, 0.2) is 24.3 Å². The molecule has 1 heterocycles. The Labute approximate surface area is 121 Å². The average Bonchev–Trinajstić information content (AvgIpc) is 2.93. The topological polar surface area (TPSA) is 47.3 Å². The molecule has 1 aromatic carbocycles. The Morgan fingerprint density at radius 2 is 2.00 bits per heavy atom. The van der Waals surface area contributed by atoms with Gasteiger partial charge in [0.2, 0.25) is 0 Å². The second-order valence-electron chi connectivity index (χ2n) is 6.34. The minimum atomic E-state index is 0.344. The lowest BCUT2D eigenvalue weighted by atomic mass is 9.73. The van der Waals surface area contributed by atoms with Crippen molar-refractivity contribution < 1.29 is 4.74 Å². The van der Waals surface area contributed by atoms with E-state index in [0.717, 1.165) is 18.3 Å². The summed E-state index contributed by atoms with van der Waals surface area (Å²) in [5.74, 6) is 8.96. The number of hydrazine groups is 1. The second-order valence-corrected chi connectivity index (χ2v) is 6.34. The molecule has 0 spiro atoms. The zero-order chi connectivity index (χ0) is 13.9. The van der Waals surface area contributed by atoms with Crippen molar-refractivity contribution in [3.05, 3.63) is 29.8 Å². The summed E-state index contributed by atoms with van der Waals surface area (Å²) in [7, 11) is 0. The van der Waals surface area contributed by atoms with Crippen molar-refractivity contribution in [1.82, 2.24) is 5.43 Å². The quantitative estimate of drug-likeness (QED) is 0.654. The first-order valence-corrected chi connectivity index (χ1v) is 8.01. The van der Waals surface area contributed by atoms with E-state index in [1.54, 1.807) is 0 Å². The Bertz CT molecular complexity index is 440. The average molecular weight is 274 g/mol. The fourth-order valence-electron chi connectivity index (χ4n) is 4.02. The minimum Gasteiger partial charge on any atom is -0.493 e. The van der Waals surface area contributed by atoms with E-state index in [-0.39, 0.29) is 0 Å². The molecule has 3 rings (SSSR count). The van der Waals surface area contributed by atoms with Crippen LogP contribution in [0.5, 0.6) is 5.75 Å². The molecule has 3 heteroatoms. The van der Waals surface area contributed by atoms with Crippen molar-refractivity contribution in [2.45, 2.75) is 51.0 Å². The molecular formula is C17H26N2O. The first-order chi connectivity index (χ1) is 9.83. The largest absolute Gasteiger partial charge is 0.493 e. The number of para-hydroxylation sites is 1. The Kier molecular flexibility index (Phi) is 4.27. The van der Waals surface area contributed by atoms with Gasteiger partial charge in [-0.05, 0) is 30.7 Å². The molecule has 1 aromatic rings. The molecule has 3 nitrogen and oxygen atoms in total. The Morgan fingerprint density at radius 3 is 2.70 bits per heavy atom. The number of benzene rings is 1. The molecule has 0 saturated heterocycles. The fourth-order valence-corrected chi connectivity index (χ4v) is 4.02. The van der Waals surface area contributed by atoms with Crippen LogP contribution in [0.1, 0.15) is 50.5 Å². The number of hydrogen-bond donors (Lipinski definition) is 2. The van der Waals surface area contributed by atoms with E-state index < -0.39 is 0 Å². The van der Waals surface area contributed by atoms with Crippen LogP contribution in [0.25, 0.3) is 0 Å². The summed E-state index contributed by atoms with van der Waals surface area (Å²) in [5.41, 5.74) is 4.43. The molecule has 110 valence electrons. The number of nitrogens with one attached hydrogen (secondary N) is 1. The fraction of sp³-hybridized carbons (Fsp3) is 0.647. The number of hydrogen-bond acceptors (Lipinski definition) is 3. The molecule has 1 saturated carbocycles. The van der Waals surface area contributed by atoms with Gasteiger partial charge in [-0.3, -0.25) is 11.3 Å². The van der Waals surface area contributed by atoms with Crippen LogP contribution in [-0.4, -0.2) is 12.6 Å². The molecule has 1 aliphatic heterocycles. The first-order valence-electron chi connectivity index (χ1n) is 8.01. The third-order valence-corrected chi connectivity index (χ3v) is 5.34. The highest BCUT2D eigenvalue weighted by molar-refractivity contribution is 5.40. The number of fused-ring (bicyclic) bond motifs is 1. The van der Waals surface area contributed by atoms with Crippen molar-refractivity contribution in [1.29, 1.82) is 0 Å². The van der Waals surface area contributed by atoms with Crippen molar-refractivity contribution in [3.63, 3.8) is 0 Å². The van der Waals surface area contributed by atoms with Crippen LogP contribution in [0.3, 0.4) is 0 Å². The van der Waals surface area contributed by atoms with Gasteiger partial charge in [0, 0.05) is 17.5 Å². The maximum Gasteiger partial charge on any atom is 0.122 e. The third-order valence-electron chi connectivity index (χ3n) is 5.34. The molecule has 2 unspecified atom stereocenters. The summed E-state index contributed by atoms with van der Waals surface area (Å²) in [5, 5.41) is 0. The summed E-state index contributed by atoms with van der Waals surface area (Å²) in [6.07, 6.45) is 6.63. The summed E-state index contributed by atoms with van der Waals surface area (Å²) >= 11 is 0. The van der Waals surface area contributed by atoms with Gasteiger partial charge in [0.15, 0.2) is 0 Å². The molecule has 2 aliphatic rings. The van der Waals surface area contributed by atoms with Crippen LogP contribution in [0, 0.1) is 11.8 Å². The van der Waals surface area contributed by atoms with Gasteiger partial charge in [0.25, 0.3) is 0 Å². The van der Waals surface area contributed by atoms with E-state index >= 15 is 0 Å². The molecule has 1 fully saturated rings. The van der Waals surface area contributed by atoms with Gasteiger partial charge in [-0.2, -0.15) is 0 Å². The zero-order valence-corrected chi connectivity index (χ0v) is 12.3. The first kappa shape index (κ1) is 13.9. The lowest BCUT2D eigenvalue weighted by Crippen LogP contribution is -2.46. The summed E-state index contributed by atoms with van der Waals surface area (Å²) < 4.78 is 5.83. The minimum absolute atomic E-state index is 0.344. The van der Waals surface area contributed by atoms with Crippen molar-refractivity contribution >= 4 is 0 Å². The molecule has 0 radical (unpaired) electrons. The number of ether oxygens (including phenoxy) is 1. The van der Waals surface area contributed by atoms with Crippen LogP contribution < -0.4 is 16.0 Å². The highest BCUT2D eigenvalue weighted by Gasteiger charge is 2.36. The normalized spacial score (nSPS) is 30.6. The third kappa shape index (κ3) is 2.57. The Morgan fingerprint density at radius 1 is 1.25 bits per heavy atom. The Hall–Kier alpha value is -1.06. The number of rotatable bonds is 4. The highest BCUT2D eigenvalue weighted by atomic mass is 16.5. The van der Waals surface area contributed by atoms with E-state index in [1.807, 2.05) is 6.07 Å². The molecule has 0 amide bonds. The highest BCUT2D eigenvalue weighted by Crippen LogP contribution is 2.41. The summed E-state index contributed by atoms with van der Waals surface area (Å²) in [4.78, 5) is 0. The molecule has 1 aliphatic carbocycles. The van der Waals surface area contributed by atoms with E-state index in [0.29, 0.717) is 17.9 Å². The lowest BCUT2D eigenvalue weighted by molar-refractivity contribution is 0.185. The van der Waals surface area contributed by atoms with Crippen molar-refractivity contribution in [2.24, 2.45) is 17.7 Å². The number of nitrogens with two attached hydrogens (primary N) is 1. The van der Waals surface area contributed by atoms with Crippen molar-refractivity contribution in [2.75, 3.05) is 6.61 Å². The SMILES string of the molecule is CCC1CCC(C(NN)C2COc3ccccc32)CC1. The summed E-state index contributed by atoms with van der Waals surface area (Å²) in [6, 6.07) is 8.74. The van der Waals surface area contributed by atoms with Gasteiger partial charge in [-0.15, -0.1) is 0 Å². The zero-order valence-electron chi connectivity index (χ0n) is 12.3. The second kappa shape index (κ2) is 6.15. The van der Waals surface area contributed by atoms with Crippen molar-refractivity contribution in [3.8, 4) is 5.75 Å². The van der Waals surface area contributed by atoms with E-state index in [9.17, 15) is 0 Å². The van der Waals surface area contributed by atoms with Crippen LogP contribution in [0.2, 0.25) is 0 Å². The van der Waals surface area contributed by atoms with Gasteiger partial charge in [-0.25, -0.2) is 0 Å². The van der Waals surface area contributed by atoms with Gasteiger partial charge < -0.3 is 4.74 Å².